The van der Waals surface area contributed by atoms with E-state index in [1.165, 1.54) is 13.0 Å². The normalized spacial score (nSPS) is 32.2. The van der Waals surface area contributed by atoms with E-state index in [2.05, 4.69) is 4.90 Å². The van der Waals surface area contributed by atoms with Gasteiger partial charge in [-0.05, 0) is 6.42 Å². The molecule has 0 aromatic heterocycles. The van der Waals surface area contributed by atoms with Gasteiger partial charge < -0.3 is 9.47 Å². The van der Waals surface area contributed by atoms with Crippen LogP contribution >= 0.6 is 0 Å². The second-order valence-electron chi connectivity index (χ2n) is 3.20. The average molecular weight is 157 g/mol. The van der Waals surface area contributed by atoms with Crippen LogP contribution in [0.1, 0.15) is 6.42 Å². The molecule has 0 bridgehead atoms. The van der Waals surface area contributed by atoms with Gasteiger partial charge in [0, 0.05) is 19.6 Å². The Morgan fingerprint density at radius 3 is 2.64 bits per heavy atom. The van der Waals surface area contributed by atoms with Crippen molar-refractivity contribution in [3.05, 3.63) is 0 Å². The Hall–Kier alpha value is -0.120. The number of hydrogen-bond donors (Lipinski definition) is 0. The Balaban J connectivity index is 1.59. The predicted molar refractivity (Wildman–Crippen MR) is 41.6 cm³/mol. The summed E-state index contributed by atoms with van der Waals surface area (Å²) in [6.07, 6.45) is 1.79. The molecule has 3 heteroatoms. The van der Waals surface area contributed by atoms with Crippen molar-refractivity contribution in [3.8, 4) is 0 Å². The Morgan fingerprint density at radius 1 is 1.27 bits per heavy atom. The van der Waals surface area contributed by atoms with Crippen molar-refractivity contribution < 1.29 is 9.47 Å². The first-order valence-electron chi connectivity index (χ1n) is 4.37. The van der Waals surface area contributed by atoms with Crippen LogP contribution in [0, 0.1) is 0 Å². The molecule has 0 aliphatic carbocycles. The SMILES string of the molecule is C1CN(CC[C@H]2CO2)CCO1. The van der Waals surface area contributed by atoms with Crippen molar-refractivity contribution in [1.82, 2.24) is 4.90 Å². The zero-order chi connectivity index (χ0) is 7.52. The Bertz CT molecular complexity index is 119. The van der Waals surface area contributed by atoms with E-state index in [4.69, 9.17) is 9.47 Å². The van der Waals surface area contributed by atoms with Gasteiger partial charge in [0.2, 0.25) is 0 Å². The summed E-state index contributed by atoms with van der Waals surface area (Å²) in [5.41, 5.74) is 0. The van der Waals surface area contributed by atoms with Crippen LogP contribution < -0.4 is 0 Å². The van der Waals surface area contributed by atoms with Gasteiger partial charge in [0.05, 0.1) is 25.9 Å². The first-order chi connectivity index (χ1) is 5.45. The van der Waals surface area contributed by atoms with Crippen molar-refractivity contribution in [3.63, 3.8) is 0 Å². The minimum atomic E-state index is 0.581. The van der Waals surface area contributed by atoms with Gasteiger partial charge in [0.1, 0.15) is 0 Å². The Kier molecular flexibility index (Phi) is 2.41. The summed E-state index contributed by atoms with van der Waals surface area (Å²) in [6.45, 7) is 6.20. The first-order valence-corrected chi connectivity index (χ1v) is 4.37. The maximum absolute atomic E-state index is 5.25. The zero-order valence-corrected chi connectivity index (χ0v) is 6.79. The van der Waals surface area contributed by atoms with E-state index >= 15 is 0 Å². The smallest absolute Gasteiger partial charge is 0.0822 e. The van der Waals surface area contributed by atoms with Gasteiger partial charge in [0.25, 0.3) is 0 Å². The summed E-state index contributed by atoms with van der Waals surface area (Å²) in [5.74, 6) is 0. The molecule has 64 valence electrons. The van der Waals surface area contributed by atoms with Crippen LogP contribution in [0.25, 0.3) is 0 Å². The Morgan fingerprint density at radius 2 is 2.00 bits per heavy atom. The number of nitrogens with zero attached hydrogens (tertiary/aromatic N) is 1. The van der Waals surface area contributed by atoms with Gasteiger partial charge in [-0.25, -0.2) is 0 Å². The third kappa shape index (κ3) is 2.43. The van der Waals surface area contributed by atoms with Gasteiger partial charge in [0.15, 0.2) is 0 Å². The van der Waals surface area contributed by atoms with Gasteiger partial charge in [-0.15, -0.1) is 0 Å². The molecule has 3 nitrogen and oxygen atoms in total. The first kappa shape index (κ1) is 7.53. The molecule has 2 fully saturated rings. The second-order valence-corrected chi connectivity index (χ2v) is 3.20. The van der Waals surface area contributed by atoms with E-state index in [0.29, 0.717) is 6.10 Å². The quantitative estimate of drug-likeness (QED) is 0.543. The van der Waals surface area contributed by atoms with Gasteiger partial charge >= 0.3 is 0 Å². The van der Waals surface area contributed by atoms with E-state index in [0.717, 1.165) is 32.9 Å². The van der Waals surface area contributed by atoms with E-state index < -0.39 is 0 Å². The predicted octanol–water partition coefficient (Wildman–Crippen LogP) is 0.107. The molecule has 11 heavy (non-hydrogen) atoms. The van der Waals surface area contributed by atoms with Crippen LogP contribution in [0.2, 0.25) is 0 Å². The van der Waals surface area contributed by atoms with Crippen molar-refractivity contribution in [2.45, 2.75) is 12.5 Å². The van der Waals surface area contributed by atoms with Crippen molar-refractivity contribution >= 4 is 0 Å². The lowest BCUT2D eigenvalue weighted by Crippen LogP contribution is -2.37. The fraction of sp³-hybridized carbons (Fsp3) is 1.00. The van der Waals surface area contributed by atoms with Crippen LogP contribution in [0.15, 0.2) is 0 Å². The molecule has 0 spiro atoms. The van der Waals surface area contributed by atoms with Gasteiger partial charge in [-0.3, -0.25) is 4.90 Å². The molecule has 0 aromatic rings. The molecule has 1 atom stereocenters. The molecular formula is C8H15NO2. The topological polar surface area (TPSA) is 25.0 Å². The van der Waals surface area contributed by atoms with E-state index in [-0.39, 0.29) is 0 Å². The Labute approximate surface area is 67.3 Å². The summed E-state index contributed by atoms with van der Waals surface area (Å²) >= 11 is 0. The standard InChI is InChI=1S/C8H15NO2/c1(8-7-11-8)2-9-3-5-10-6-4-9/h8H,1-7H2/t8-/m0/s1. The largest absolute Gasteiger partial charge is 0.379 e. The fourth-order valence-electron chi connectivity index (χ4n) is 1.39. The van der Waals surface area contributed by atoms with E-state index in [1.54, 1.807) is 0 Å². The lowest BCUT2D eigenvalue weighted by atomic mass is 10.3. The average Bonchev–Trinajstić information content (AvgIpc) is 2.86. The molecule has 0 unspecified atom stereocenters. The van der Waals surface area contributed by atoms with E-state index in [9.17, 15) is 0 Å². The zero-order valence-electron chi connectivity index (χ0n) is 6.79. The molecule has 2 heterocycles. The van der Waals surface area contributed by atoms with Crippen LogP contribution in [-0.4, -0.2) is 50.5 Å². The van der Waals surface area contributed by atoms with Crippen LogP contribution in [0.5, 0.6) is 0 Å². The highest BCUT2D eigenvalue weighted by Gasteiger charge is 2.23. The summed E-state index contributed by atoms with van der Waals surface area (Å²) in [5, 5.41) is 0. The summed E-state index contributed by atoms with van der Waals surface area (Å²) < 4.78 is 10.4. The summed E-state index contributed by atoms with van der Waals surface area (Å²) in [4.78, 5) is 2.45. The monoisotopic (exact) mass is 157 g/mol. The third-order valence-electron chi connectivity index (χ3n) is 2.27. The number of epoxide rings is 1. The van der Waals surface area contributed by atoms with Crippen LogP contribution in [0.3, 0.4) is 0 Å². The molecule has 0 N–H and O–H groups in total. The molecule has 0 radical (unpaired) electrons. The number of morpholine rings is 1. The lowest BCUT2D eigenvalue weighted by molar-refractivity contribution is 0.0365. The maximum atomic E-state index is 5.25. The number of hydrogen-bond acceptors (Lipinski definition) is 3. The molecule has 0 aromatic carbocycles. The van der Waals surface area contributed by atoms with Crippen molar-refractivity contribution in [2.24, 2.45) is 0 Å². The minimum Gasteiger partial charge on any atom is -0.379 e. The molecule has 2 aliphatic heterocycles. The van der Waals surface area contributed by atoms with Crippen molar-refractivity contribution in [1.29, 1.82) is 0 Å². The lowest BCUT2D eigenvalue weighted by Gasteiger charge is -2.26. The van der Waals surface area contributed by atoms with Crippen molar-refractivity contribution in [2.75, 3.05) is 39.5 Å². The maximum Gasteiger partial charge on any atom is 0.0822 e. The molecule has 2 rings (SSSR count). The summed E-state index contributed by atoms with van der Waals surface area (Å²) in [6, 6.07) is 0. The highest BCUT2D eigenvalue weighted by Crippen LogP contribution is 2.14. The number of rotatable bonds is 3. The molecule has 2 saturated heterocycles. The van der Waals surface area contributed by atoms with E-state index in [1.807, 2.05) is 0 Å². The highest BCUT2D eigenvalue weighted by atomic mass is 16.6. The molecule has 2 aliphatic rings. The summed E-state index contributed by atoms with van der Waals surface area (Å²) in [7, 11) is 0. The molecular weight excluding hydrogens is 142 g/mol. The molecule has 0 saturated carbocycles. The number of ether oxygens (including phenoxy) is 2. The molecule has 0 amide bonds. The highest BCUT2D eigenvalue weighted by molar-refractivity contribution is 4.72. The van der Waals surface area contributed by atoms with Gasteiger partial charge in [-0.2, -0.15) is 0 Å². The fourth-order valence-corrected chi connectivity index (χ4v) is 1.39. The second kappa shape index (κ2) is 3.52. The van der Waals surface area contributed by atoms with Crippen LogP contribution in [-0.2, 0) is 9.47 Å². The third-order valence-corrected chi connectivity index (χ3v) is 2.27. The van der Waals surface area contributed by atoms with Crippen LogP contribution in [0.4, 0.5) is 0 Å². The van der Waals surface area contributed by atoms with Gasteiger partial charge in [-0.1, -0.05) is 0 Å². The minimum absolute atomic E-state index is 0.581.